The first kappa shape index (κ1) is 59.0. The minimum Gasteiger partial charge on any atom is -0.0776 e. The summed E-state index contributed by atoms with van der Waals surface area (Å²) in [4.78, 5) is 0. The molecule has 0 heterocycles. The third-order valence-electron chi connectivity index (χ3n) is 2.00. The number of hydrogen-bond acceptors (Lipinski definition) is 0. The molecular formula is C36H72. The van der Waals surface area contributed by atoms with Crippen LogP contribution in [-0.4, -0.2) is 0 Å². The Balaban J connectivity index is -0.0000000334. The maximum Gasteiger partial charge on any atom is -0.0590 e. The van der Waals surface area contributed by atoms with Gasteiger partial charge in [-0.25, -0.2) is 0 Å². The third-order valence-corrected chi connectivity index (χ3v) is 2.00. The molecule has 0 atom stereocenters. The topological polar surface area (TPSA) is 0 Å². The van der Waals surface area contributed by atoms with E-state index in [9.17, 15) is 0 Å². The monoisotopic (exact) mass is 505 g/mol. The van der Waals surface area contributed by atoms with Gasteiger partial charge in [-0.2, -0.15) is 0 Å². The second kappa shape index (κ2) is 118. The van der Waals surface area contributed by atoms with Crippen molar-refractivity contribution in [2.24, 2.45) is 0 Å². The van der Waals surface area contributed by atoms with Crippen LogP contribution < -0.4 is 0 Å². The zero-order valence-corrected chi connectivity index (χ0v) is 27.1. The Hall–Kier alpha value is -2.34. The maximum absolute atomic E-state index is 2.12. The first-order chi connectivity index (χ1) is 17.4. The van der Waals surface area contributed by atoms with E-state index in [0.29, 0.717) is 0 Å². The van der Waals surface area contributed by atoms with Crippen LogP contribution in [0.4, 0.5) is 0 Å². The molecule has 0 N–H and O–H groups in total. The molecule has 0 saturated carbocycles. The molecule has 3 aromatic carbocycles. The highest BCUT2D eigenvalue weighted by atomic mass is 13.7. The Morgan fingerprint density at radius 1 is 0.222 bits per heavy atom. The number of benzene rings is 3. The van der Waals surface area contributed by atoms with E-state index in [2.05, 4.69) is 13.8 Å². The molecule has 0 aliphatic heterocycles. The summed E-state index contributed by atoms with van der Waals surface area (Å²) >= 11 is 0. The van der Waals surface area contributed by atoms with Gasteiger partial charge in [0.15, 0.2) is 0 Å². The van der Waals surface area contributed by atoms with Crippen LogP contribution in [0.15, 0.2) is 109 Å². The summed E-state index contributed by atoms with van der Waals surface area (Å²) < 4.78 is 0. The quantitative estimate of drug-likeness (QED) is 0.285. The van der Waals surface area contributed by atoms with Gasteiger partial charge in [0.2, 0.25) is 0 Å². The van der Waals surface area contributed by atoms with Crippen LogP contribution in [0, 0.1) is 0 Å². The molecule has 0 saturated heterocycles. The van der Waals surface area contributed by atoms with Gasteiger partial charge in [0.05, 0.1) is 0 Å². The van der Waals surface area contributed by atoms with Crippen LogP contribution in [0.2, 0.25) is 0 Å². The van der Waals surface area contributed by atoms with E-state index in [1.165, 1.54) is 6.42 Å². The smallest absolute Gasteiger partial charge is 0.0590 e. The Morgan fingerprint density at radius 3 is 0.278 bits per heavy atom. The van der Waals surface area contributed by atoms with Crippen molar-refractivity contribution >= 4 is 0 Å². The Morgan fingerprint density at radius 2 is 0.250 bits per heavy atom. The number of hydrogen-bond donors (Lipinski definition) is 0. The fourth-order valence-corrected chi connectivity index (χ4v) is 1.15. The fourth-order valence-electron chi connectivity index (χ4n) is 1.15. The Labute approximate surface area is 233 Å². The molecule has 0 spiro atoms. The van der Waals surface area contributed by atoms with Crippen molar-refractivity contribution in [2.75, 3.05) is 0 Å². The van der Waals surface area contributed by atoms with Crippen LogP contribution in [0.25, 0.3) is 0 Å². The summed E-state index contributed by atoms with van der Waals surface area (Å²) in [5.41, 5.74) is 0. The second-order valence-corrected chi connectivity index (χ2v) is 4.17. The summed E-state index contributed by atoms with van der Waals surface area (Å²) in [5.74, 6) is 0. The van der Waals surface area contributed by atoms with E-state index in [-0.39, 0.29) is 7.43 Å². The largest absolute Gasteiger partial charge is 0.0776 e. The standard InChI is InChI=1S/3C6H6.C3H8.7C2H6.CH4/c3*1-2-4-6-5-3-1;1-3-2;7*1-2;/h3*1-6H;3H2,1-2H3;7*1-2H3;1H4. The maximum atomic E-state index is 2.12. The van der Waals surface area contributed by atoms with E-state index in [4.69, 9.17) is 0 Å². The van der Waals surface area contributed by atoms with E-state index >= 15 is 0 Å². The molecular weight excluding hydrogens is 432 g/mol. The highest BCUT2D eigenvalue weighted by molar-refractivity contribution is 5.00. The molecule has 0 aliphatic carbocycles. The number of rotatable bonds is 0. The summed E-state index contributed by atoms with van der Waals surface area (Å²) in [6.45, 7) is 32.2. The molecule has 0 unspecified atom stereocenters. The summed E-state index contributed by atoms with van der Waals surface area (Å²) in [6, 6.07) is 36.0. The summed E-state index contributed by atoms with van der Waals surface area (Å²) in [7, 11) is 0. The fraction of sp³-hybridized carbons (Fsp3) is 0.500. The average Bonchev–Trinajstić information content (AvgIpc) is 3.04. The zero-order chi connectivity index (χ0) is 29.4. The van der Waals surface area contributed by atoms with Crippen molar-refractivity contribution in [3.8, 4) is 0 Å². The molecule has 0 aromatic heterocycles. The normalized spacial score (nSPS) is 5.67. The van der Waals surface area contributed by atoms with Crippen molar-refractivity contribution < 1.29 is 0 Å². The van der Waals surface area contributed by atoms with Crippen LogP contribution >= 0.6 is 0 Å². The molecule has 216 valence electrons. The lowest BCUT2D eigenvalue weighted by Gasteiger charge is -1.69. The summed E-state index contributed by atoms with van der Waals surface area (Å²) in [5, 5.41) is 0. The van der Waals surface area contributed by atoms with Gasteiger partial charge in [0.1, 0.15) is 0 Å². The predicted octanol–water partition coefficient (Wildman–Crippen LogP) is 14.3. The molecule has 36 heavy (non-hydrogen) atoms. The van der Waals surface area contributed by atoms with Gasteiger partial charge in [-0.3, -0.25) is 0 Å². The van der Waals surface area contributed by atoms with Gasteiger partial charge >= 0.3 is 0 Å². The molecule has 0 bridgehead atoms. The van der Waals surface area contributed by atoms with Crippen LogP contribution in [0.5, 0.6) is 0 Å². The first-order valence-corrected chi connectivity index (χ1v) is 14.4. The Bertz CT molecular complexity index is 305. The van der Waals surface area contributed by atoms with E-state index < -0.39 is 0 Å². The van der Waals surface area contributed by atoms with Crippen molar-refractivity contribution in [1.29, 1.82) is 0 Å². The van der Waals surface area contributed by atoms with Gasteiger partial charge in [0.25, 0.3) is 0 Å². The van der Waals surface area contributed by atoms with Gasteiger partial charge in [-0.05, 0) is 0 Å². The highest BCUT2D eigenvalue weighted by Gasteiger charge is 1.59. The third kappa shape index (κ3) is 121. The van der Waals surface area contributed by atoms with Crippen molar-refractivity contribution in [3.63, 3.8) is 0 Å². The molecule has 0 radical (unpaired) electrons. The van der Waals surface area contributed by atoms with E-state index in [0.717, 1.165) is 0 Å². The van der Waals surface area contributed by atoms with Gasteiger partial charge < -0.3 is 0 Å². The highest BCUT2D eigenvalue weighted by Crippen LogP contribution is 1.81. The SMILES string of the molecule is C.CC.CC.CC.CC.CC.CC.CC.CCC.c1ccccc1.c1ccccc1.c1ccccc1. The van der Waals surface area contributed by atoms with Gasteiger partial charge in [-0.1, -0.05) is 234 Å². The predicted molar refractivity (Wildman–Crippen MR) is 181 cm³/mol. The van der Waals surface area contributed by atoms with E-state index in [1.54, 1.807) is 0 Å². The Kier molecular flexibility index (Phi) is 193. The lowest BCUT2D eigenvalue weighted by Crippen LogP contribution is -1.47. The molecule has 0 aliphatic rings. The average molecular weight is 505 g/mol. The first-order valence-electron chi connectivity index (χ1n) is 14.4. The van der Waals surface area contributed by atoms with Crippen LogP contribution in [0.1, 0.15) is 125 Å². The van der Waals surface area contributed by atoms with Crippen LogP contribution in [0.3, 0.4) is 0 Å². The molecule has 0 nitrogen and oxygen atoms in total. The lowest BCUT2D eigenvalue weighted by atomic mass is 10.4. The minimum absolute atomic E-state index is 0. The summed E-state index contributed by atoms with van der Waals surface area (Å²) in [6.07, 6.45) is 1.25. The van der Waals surface area contributed by atoms with Crippen LogP contribution in [-0.2, 0) is 0 Å². The molecule has 3 rings (SSSR count). The van der Waals surface area contributed by atoms with Crippen molar-refractivity contribution in [1.82, 2.24) is 0 Å². The van der Waals surface area contributed by atoms with Crippen molar-refractivity contribution in [3.05, 3.63) is 109 Å². The molecule has 0 amide bonds. The molecule has 0 heteroatoms. The minimum atomic E-state index is 0. The molecule has 3 aromatic rings. The second-order valence-electron chi connectivity index (χ2n) is 4.17. The van der Waals surface area contributed by atoms with E-state index in [1.807, 2.05) is 206 Å². The lowest BCUT2D eigenvalue weighted by molar-refractivity contribution is 1.09. The van der Waals surface area contributed by atoms with Crippen molar-refractivity contribution in [2.45, 2.75) is 125 Å². The zero-order valence-electron chi connectivity index (χ0n) is 27.1. The van der Waals surface area contributed by atoms with Gasteiger partial charge in [0, 0.05) is 0 Å². The van der Waals surface area contributed by atoms with Gasteiger partial charge in [-0.15, -0.1) is 0 Å². The molecule has 0 fully saturated rings.